The topological polar surface area (TPSA) is 46.9 Å². The number of hydrogen-bond acceptors (Lipinski definition) is 2. The van der Waals surface area contributed by atoms with Gasteiger partial charge in [0.15, 0.2) is 0 Å². The molecule has 2 heterocycles. The van der Waals surface area contributed by atoms with Gasteiger partial charge in [-0.05, 0) is 47.9 Å². The van der Waals surface area contributed by atoms with Crippen molar-refractivity contribution in [2.24, 2.45) is 0 Å². The predicted molar refractivity (Wildman–Crippen MR) is 113 cm³/mol. The molecule has 0 atom stereocenters. The van der Waals surface area contributed by atoms with E-state index in [0.29, 0.717) is 18.7 Å². The Morgan fingerprint density at radius 1 is 0.964 bits per heavy atom. The molecule has 0 aliphatic heterocycles. The van der Waals surface area contributed by atoms with Crippen molar-refractivity contribution < 1.29 is 4.79 Å². The number of carbonyl (C=O) groups excluding carboxylic acids is 1. The maximum atomic E-state index is 12.8. The van der Waals surface area contributed by atoms with E-state index in [4.69, 9.17) is 11.6 Å². The molecule has 140 valence electrons. The van der Waals surface area contributed by atoms with Crippen LogP contribution >= 0.6 is 11.6 Å². The maximum Gasteiger partial charge on any atom is 0.253 e. The first-order valence-corrected chi connectivity index (χ1v) is 9.58. The molecule has 0 aliphatic rings. The van der Waals surface area contributed by atoms with Gasteiger partial charge < -0.3 is 9.88 Å². The van der Waals surface area contributed by atoms with Crippen molar-refractivity contribution in [3.8, 4) is 0 Å². The zero-order valence-corrected chi connectivity index (χ0v) is 16.1. The van der Waals surface area contributed by atoms with E-state index in [1.807, 2.05) is 66.9 Å². The Labute approximate surface area is 168 Å². The largest absolute Gasteiger partial charge is 0.352 e. The summed E-state index contributed by atoms with van der Waals surface area (Å²) in [6.07, 6.45) is 6.24. The van der Waals surface area contributed by atoms with Crippen molar-refractivity contribution in [1.29, 1.82) is 0 Å². The van der Waals surface area contributed by atoms with Crippen molar-refractivity contribution in [2.75, 3.05) is 6.54 Å². The third-order valence-electron chi connectivity index (χ3n) is 4.75. The van der Waals surface area contributed by atoms with Crippen LogP contribution in [0.25, 0.3) is 10.9 Å². The summed E-state index contributed by atoms with van der Waals surface area (Å²) in [5, 5.41) is 4.71. The van der Waals surface area contributed by atoms with Crippen LogP contribution in [-0.4, -0.2) is 22.0 Å². The monoisotopic (exact) mass is 389 g/mol. The number of pyridine rings is 1. The molecule has 0 radical (unpaired) electrons. The Morgan fingerprint density at radius 3 is 2.50 bits per heavy atom. The molecule has 1 N–H and O–H groups in total. The van der Waals surface area contributed by atoms with E-state index < -0.39 is 0 Å². The molecule has 0 fully saturated rings. The third kappa shape index (κ3) is 4.07. The van der Waals surface area contributed by atoms with E-state index in [1.54, 1.807) is 12.4 Å². The molecule has 2 aromatic heterocycles. The Hall–Kier alpha value is -3.11. The number of para-hydroxylation sites is 1. The van der Waals surface area contributed by atoms with Gasteiger partial charge in [0.05, 0.1) is 5.56 Å². The lowest BCUT2D eigenvalue weighted by molar-refractivity contribution is 0.0955. The summed E-state index contributed by atoms with van der Waals surface area (Å²) in [5.41, 5.74) is 4.02. The molecule has 0 spiro atoms. The first kappa shape index (κ1) is 18.3. The molecule has 4 nitrogen and oxygen atoms in total. The molecule has 0 saturated heterocycles. The number of amides is 1. The molecule has 0 aliphatic carbocycles. The van der Waals surface area contributed by atoms with Gasteiger partial charge in [-0.3, -0.25) is 9.78 Å². The molecule has 0 unspecified atom stereocenters. The van der Waals surface area contributed by atoms with Crippen LogP contribution < -0.4 is 5.32 Å². The average Bonchev–Trinajstić information content (AvgIpc) is 3.09. The molecule has 28 heavy (non-hydrogen) atoms. The summed E-state index contributed by atoms with van der Waals surface area (Å²) < 4.78 is 2.11. The summed E-state index contributed by atoms with van der Waals surface area (Å²) in [6.45, 7) is 1.27. The fourth-order valence-electron chi connectivity index (χ4n) is 3.31. The van der Waals surface area contributed by atoms with Gasteiger partial charge in [0.1, 0.15) is 0 Å². The van der Waals surface area contributed by atoms with E-state index in [0.717, 1.165) is 33.5 Å². The Bertz CT molecular complexity index is 1090. The highest BCUT2D eigenvalue weighted by Gasteiger charge is 2.14. The van der Waals surface area contributed by atoms with Gasteiger partial charge in [0.2, 0.25) is 0 Å². The van der Waals surface area contributed by atoms with E-state index in [1.165, 1.54) is 0 Å². The van der Waals surface area contributed by atoms with Gasteiger partial charge in [0.25, 0.3) is 5.91 Å². The van der Waals surface area contributed by atoms with Gasteiger partial charge in [-0.1, -0.05) is 41.9 Å². The summed E-state index contributed by atoms with van der Waals surface area (Å²) in [6, 6.07) is 19.7. The van der Waals surface area contributed by atoms with Crippen LogP contribution in [0.2, 0.25) is 5.02 Å². The highest BCUT2D eigenvalue weighted by Crippen LogP contribution is 2.23. The van der Waals surface area contributed by atoms with Crippen molar-refractivity contribution in [3.63, 3.8) is 0 Å². The highest BCUT2D eigenvalue weighted by molar-refractivity contribution is 6.30. The second-order valence-electron chi connectivity index (χ2n) is 6.68. The lowest BCUT2D eigenvalue weighted by Crippen LogP contribution is -2.25. The molecule has 1 amide bonds. The first-order chi connectivity index (χ1) is 13.7. The normalized spacial score (nSPS) is 10.9. The second-order valence-corrected chi connectivity index (χ2v) is 7.11. The molecule has 0 saturated carbocycles. The molecule has 4 aromatic rings. The number of benzene rings is 2. The first-order valence-electron chi connectivity index (χ1n) is 9.20. The van der Waals surface area contributed by atoms with Crippen LogP contribution in [0.1, 0.15) is 21.5 Å². The second kappa shape index (κ2) is 8.28. The van der Waals surface area contributed by atoms with Crippen LogP contribution in [0.3, 0.4) is 0 Å². The van der Waals surface area contributed by atoms with E-state index >= 15 is 0 Å². The maximum absolute atomic E-state index is 12.8. The molecular weight excluding hydrogens is 370 g/mol. The van der Waals surface area contributed by atoms with Crippen molar-refractivity contribution in [2.45, 2.75) is 13.0 Å². The van der Waals surface area contributed by atoms with Crippen molar-refractivity contribution >= 4 is 28.4 Å². The third-order valence-corrected chi connectivity index (χ3v) is 5.00. The number of nitrogens with one attached hydrogen (secondary N) is 1. The SMILES string of the molecule is O=C(NCCc1ccncc1)c1cn(Cc2ccc(Cl)cc2)c2ccccc12. The minimum Gasteiger partial charge on any atom is -0.352 e. The van der Waals surface area contributed by atoms with E-state index in [9.17, 15) is 4.79 Å². The van der Waals surface area contributed by atoms with Gasteiger partial charge in [-0.25, -0.2) is 0 Å². The van der Waals surface area contributed by atoms with Crippen LogP contribution in [0.15, 0.2) is 79.3 Å². The molecule has 2 aromatic carbocycles. The van der Waals surface area contributed by atoms with Crippen molar-refractivity contribution in [3.05, 3.63) is 101 Å². The van der Waals surface area contributed by atoms with Crippen molar-refractivity contribution in [1.82, 2.24) is 14.9 Å². The Balaban J connectivity index is 1.53. The smallest absolute Gasteiger partial charge is 0.253 e. The van der Waals surface area contributed by atoms with Gasteiger partial charge in [-0.2, -0.15) is 0 Å². The minimum atomic E-state index is -0.0555. The van der Waals surface area contributed by atoms with Gasteiger partial charge in [-0.15, -0.1) is 0 Å². The Kier molecular flexibility index (Phi) is 5.40. The highest BCUT2D eigenvalue weighted by atomic mass is 35.5. The van der Waals surface area contributed by atoms with Gasteiger partial charge >= 0.3 is 0 Å². The molecule has 5 heteroatoms. The number of rotatable bonds is 6. The fraction of sp³-hybridized carbons (Fsp3) is 0.130. The molecule has 4 rings (SSSR count). The summed E-state index contributed by atoms with van der Waals surface area (Å²) in [5.74, 6) is -0.0555. The standard InChI is InChI=1S/C23H20ClN3O/c24-19-7-5-18(6-8-19)15-27-16-21(20-3-1-2-4-22(20)27)23(28)26-14-11-17-9-12-25-13-10-17/h1-10,12-13,16H,11,14-15H2,(H,26,28). The average molecular weight is 390 g/mol. The Morgan fingerprint density at radius 2 is 1.71 bits per heavy atom. The predicted octanol–water partition coefficient (Wildman–Crippen LogP) is 4.71. The number of aromatic nitrogens is 2. The van der Waals surface area contributed by atoms with Crippen LogP contribution in [-0.2, 0) is 13.0 Å². The lowest BCUT2D eigenvalue weighted by atomic mass is 10.1. The van der Waals surface area contributed by atoms with Crippen LogP contribution in [0, 0.1) is 0 Å². The van der Waals surface area contributed by atoms with E-state index in [2.05, 4.69) is 14.9 Å². The summed E-state index contributed by atoms with van der Waals surface area (Å²) in [7, 11) is 0. The summed E-state index contributed by atoms with van der Waals surface area (Å²) in [4.78, 5) is 16.8. The minimum absolute atomic E-state index is 0.0555. The van der Waals surface area contributed by atoms with Crippen LogP contribution in [0.5, 0.6) is 0 Å². The number of carbonyl (C=O) groups is 1. The van der Waals surface area contributed by atoms with Crippen LogP contribution in [0.4, 0.5) is 0 Å². The number of hydrogen-bond donors (Lipinski definition) is 1. The summed E-state index contributed by atoms with van der Waals surface area (Å²) >= 11 is 5.98. The number of fused-ring (bicyclic) bond motifs is 1. The zero-order chi connectivity index (χ0) is 19.3. The molecule has 0 bridgehead atoms. The quantitative estimate of drug-likeness (QED) is 0.519. The van der Waals surface area contributed by atoms with Gasteiger partial charge in [0, 0.05) is 47.6 Å². The fourth-order valence-corrected chi connectivity index (χ4v) is 3.44. The number of halogens is 1. The lowest BCUT2D eigenvalue weighted by Gasteiger charge is -2.05. The molecular formula is C23H20ClN3O. The number of nitrogens with zero attached hydrogens (tertiary/aromatic N) is 2. The zero-order valence-electron chi connectivity index (χ0n) is 15.3. The van der Waals surface area contributed by atoms with E-state index in [-0.39, 0.29) is 5.91 Å².